The Hall–Kier alpha value is -2.48. The number of para-hydroxylation sites is 1. The van der Waals surface area contributed by atoms with E-state index in [9.17, 15) is 4.79 Å². The minimum Gasteiger partial charge on any atom is -0.487 e. The summed E-state index contributed by atoms with van der Waals surface area (Å²) in [5.41, 5.74) is 2.79. The maximum Gasteiger partial charge on any atom is 0.369 e. The molecular weight excluding hydrogens is 290 g/mol. The molecule has 21 heavy (non-hydrogen) atoms. The summed E-state index contributed by atoms with van der Waals surface area (Å²) in [6, 6.07) is 5.57. The Morgan fingerprint density at radius 3 is 3.00 bits per heavy atom. The molecular formula is C13H13N5O2S. The Bertz CT molecular complexity index is 869. The predicted molar refractivity (Wildman–Crippen MR) is 77.8 cm³/mol. The normalized spacial score (nSPS) is 11.4. The van der Waals surface area contributed by atoms with E-state index in [0.29, 0.717) is 22.5 Å². The summed E-state index contributed by atoms with van der Waals surface area (Å²) >= 11 is 1.30. The highest BCUT2D eigenvalue weighted by Gasteiger charge is 2.14. The summed E-state index contributed by atoms with van der Waals surface area (Å²) in [5.74, 6) is 0.682. The average molecular weight is 305 g/mol. The lowest BCUT2D eigenvalue weighted by Crippen LogP contribution is -2.22. The largest absolute Gasteiger partial charge is 0.487 e. The molecule has 0 atom stereocenters. The number of hydrogen-bond donors (Lipinski definition) is 0. The number of thiazole rings is 1. The highest BCUT2D eigenvalue weighted by Crippen LogP contribution is 2.21. The maximum atomic E-state index is 11.9. The maximum absolute atomic E-state index is 11.9. The standard InChI is InChI=1S/C13H13N5O2S/c1-9-5-3-4-6-11(9)20-7-10-12(21-8-14-10)18-13(19)17(2)15-16-18/h3-6,8H,7H2,1-2H3/i3T. The Labute approximate surface area is 125 Å². The lowest BCUT2D eigenvalue weighted by atomic mass is 10.2. The first-order valence-electron chi connectivity index (χ1n) is 6.68. The number of aryl methyl sites for hydroxylation is 2. The van der Waals surface area contributed by atoms with E-state index in [-0.39, 0.29) is 12.3 Å². The molecule has 0 aliphatic heterocycles. The van der Waals surface area contributed by atoms with Crippen LogP contribution in [0.3, 0.4) is 0 Å². The van der Waals surface area contributed by atoms with Gasteiger partial charge >= 0.3 is 5.69 Å². The van der Waals surface area contributed by atoms with Crippen molar-refractivity contribution in [3.8, 4) is 10.8 Å². The zero-order valence-corrected chi connectivity index (χ0v) is 12.3. The summed E-state index contributed by atoms with van der Waals surface area (Å²) in [4.78, 5) is 16.1. The highest BCUT2D eigenvalue weighted by molar-refractivity contribution is 7.12. The van der Waals surface area contributed by atoms with E-state index in [2.05, 4.69) is 15.4 Å². The van der Waals surface area contributed by atoms with Gasteiger partial charge in [-0.3, -0.25) is 0 Å². The molecule has 7 nitrogen and oxygen atoms in total. The van der Waals surface area contributed by atoms with Crippen LogP contribution in [-0.4, -0.2) is 24.8 Å². The quantitative estimate of drug-likeness (QED) is 0.726. The molecule has 3 aromatic rings. The van der Waals surface area contributed by atoms with Gasteiger partial charge in [0, 0.05) is 7.05 Å². The molecule has 0 bridgehead atoms. The molecule has 0 spiro atoms. The van der Waals surface area contributed by atoms with Crippen LogP contribution in [0, 0.1) is 6.92 Å². The van der Waals surface area contributed by atoms with Gasteiger partial charge in [-0.15, -0.1) is 16.0 Å². The van der Waals surface area contributed by atoms with E-state index >= 15 is 0 Å². The molecule has 0 N–H and O–H groups in total. The van der Waals surface area contributed by atoms with Crippen molar-refractivity contribution in [1.29, 1.82) is 0 Å². The minimum absolute atomic E-state index is 0.208. The van der Waals surface area contributed by atoms with Crippen molar-refractivity contribution < 1.29 is 6.11 Å². The fraction of sp³-hybridized carbons (Fsp3) is 0.231. The van der Waals surface area contributed by atoms with Gasteiger partial charge in [-0.05, 0) is 29.0 Å². The molecule has 1 aromatic carbocycles. The van der Waals surface area contributed by atoms with Crippen molar-refractivity contribution in [2.75, 3.05) is 0 Å². The minimum atomic E-state index is -0.333. The Morgan fingerprint density at radius 2 is 2.29 bits per heavy atom. The summed E-state index contributed by atoms with van der Waals surface area (Å²) in [5, 5.41) is 8.09. The number of hydrogen-bond acceptors (Lipinski definition) is 6. The van der Waals surface area contributed by atoms with Crippen LogP contribution in [0.25, 0.3) is 5.00 Å². The van der Waals surface area contributed by atoms with Crippen molar-refractivity contribution in [1.82, 2.24) is 24.8 Å². The second-order valence-electron chi connectivity index (χ2n) is 4.38. The molecule has 2 heterocycles. The SMILES string of the molecule is [3H]c1ccc(OCc2ncsc2-n2nnn(C)c2=O)c(C)c1. The van der Waals surface area contributed by atoms with Crippen molar-refractivity contribution in [2.45, 2.75) is 13.5 Å². The second-order valence-corrected chi connectivity index (χ2v) is 5.21. The molecule has 0 aliphatic carbocycles. The third-order valence-corrected chi connectivity index (χ3v) is 3.76. The summed E-state index contributed by atoms with van der Waals surface area (Å²) < 4.78 is 15.6. The first-order valence-corrected chi connectivity index (χ1v) is 7.06. The van der Waals surface area contributed by atoms with Crippen molar-refractivity contribution in [2.24, 2.45) is 7.05 Å². The van der Waals surface area contributed by atoms with E-state index in [0.717, 1.165) is 10.2 Å². The number of aromatic nitrogens is 5. The van der Waals surface area contributed by atoms with Gasteiger partial charge in [-0.2, -0.15) is 4.68 Å². The van der Waals surface area contributed by atoms with Crippen LogP contribution < -0.4 is 10.4 Å². The molecule has 108 valence electrons. The third kappa shape index (κ3) is 2.57. The third-order valence-electron chi connectivity index (χ3n) is 2.92. The number of nitrogens with zero attached hydrogens (tertiary/aromatic N) is 5. The van der Waals surface area contributed by atoms with Crippen molar-refractivity contribution in [3.63, 3.8) is 0 Å². The van der Waals surface area contributed by atoms with E-state index in [1.165, 1.54) is 23.1 Å². The fourth-order valence-electron chi connectivity index (χ4n) is 1.78. The monoisotopic (exact) mass is 305 g/mol. The molecule has 8 heteroatoms. The average Bonchev–Trinajstić information content (AvgIpc) is 3.06. The fourth-order valence-corrected chi connectivity index (χ4v) is 2.52. The summed E-state index contributed by atoms with van der Waals surface area (Å²) in [6.07, 6.45) is 0. The van der Waals surface area contributed by atoms with Crippen molar-refractivity contribution in [3.05, 3.63) is 51.5 Å². The Morgan fingerprint density at radius 1 is 1.43 bits per heavy atom. The molecule has 0 fully saturated rings. The topological polar surface area (TPSA) is 74.8 Å². The number of benzene rings is 1. The molecule has 0 saturated heterocycles. The molecule has 0 saturated carbocycles. The first-order chi connectivity index (χ1) is 10.6. The zero-order valence-electron chi connectivity index (χ0n) is 12.5. The van der Waals surface area contributed by atoms with Gasteiger partial charge < -0.3 is 4.74 Å². The molecule has 0 aliphatic rings. The van der Waals surface area contributed by atoms with Crippen LogP contribution in [0.4, 0.5) is 0 Å². The van der Waals surface area contributed by atoms with Crippen LogP contribution in [0.2, 0.25) is 0 Å². The Balaban J connectivity index is 1.84. The zero-order chi connectivity index (χ0) is 15.7. The van der Waals surface area contributed by atoms with E-state index in [1.54, 1.807) is 23.7 Å². The van der Waals surface area contributed by atoms with Crippen LogP contribution in [0.1, 0.15) is 12.6 Å². The van der Waals surface area contributed by atoms with Crippen LogP contribution in [0.15, 0.2) is 34.5 Å². The van der Waals surface area contributed by atoms with Gasteiger partial charge in [0.15, 0.2) is 5.00 Å². The van der Waals surface area contributed by atoms with E-state index < -0.39 is 0 Å². The smallest absolute Gasteiger partial charge is 0.369 e. The molecule has 2 aromatic heterocycles. The molecule has 0 unspecified atom stereocenters. The summed E-state index contributed by atoms with van der Waals surface area (Å²) in [6.45, 7) is 2.09. The van der Waals surface area contributed by atoms with Gasteiger partial charge in [-0.1, -0.05) is 18.2 Å². The van der Waals surface area contributed by atoms with Gasteiger partial charge in [0.1, 0.15) is 18.1 Å². The number of tetrazole rings is 1. The van der Waals surface area contributed by atoms with Crippen LogP contribution in [0.5, 0.6) is 5.75 Å². The Kier molecular flexibility index (Phi) is 3.21. The molecule has 0 radical (unpaired) electrons. The van der Waals surface area contributed by atoms with Gasteiger partial charge in [0.25, 0.3) is 0 Å². The molecule has 3 rings (SSSR count). The van der Waals surface area contributed by atoms with Gasteiger partial charge in [0.2, 0.25) is 0 Å². The second kappa shape index (κ2) is 5.49. The van der Waals surface area contributed by atoms with Gasteiger partial charge in [0.05, 0.1) is 6.88 Å². The number of ether oxygens (including phenoxy) is 1. The van der Waals surface area contributed by atoms with Crippen LogP contribution in [-0.2, 0) is 13.7 Å². The summed E-state index contributed by atoms with van der Waals surface area (Å²) in [7, 11) is 1.54. The van der Waals surface area contributed by atoms with Gasteiger partial charge in [-0.25, -0.2) is 9.78 Å². The lowest BCUT2D eigenvalue weighted by Gasteiger charge is -2.08. The van der Waals surface area contributed by atoms with E-state index in [1.807, 2.05) is 6.92 Å². The predicted octanol–water partition coefficient (Wildman–Crippen LogP) is 1.31. The lowest BCUT2D eigenvalue weighted by molar-refractivity contribution is 0.299. The number of rotatable bonds is 4. The van der Waals surface area contributed by atoms with E-state index in [4.69, 9.17) is 6.11 Å². The van der Waals surface area contributed by atoms with Crippen LogP contribution >= 0.6 is 11.3 Å². The molecule has 0 amide bonds. The van der Waals surface area contributed by atoms with Crippen molar-refractivity contribution >= 4 is 11.3 Å². The highest BCUT2D eigenvalue weighted by atomic mass is 32.1. The first kappa shape index (κ1) is 12.3.